The minimum absolute atomic E-state index is 0.0118. The summed E-state index contributed by atoms with van der Waals surface area (Å²) in [7, 11) is -0.881. The van der Waals surface area contributed by atoms with Crippen LogP contribution in [0.3, 0.4) is 0 Å². The molecule has 20 heavy (non-hydrogen) atoms. The molecular weight excluding hydrogens is 270 g/mol. The predicted molar refractivity (Wildman–Crippen MR) is 69.6 cm³/mol. The van der Waals surface area contributed by atoms with Crippen LogP contribution < -0.4 is 5.46 Å². The Labute approximate surface area is 116 Å². The Kier molecular flexibility index (Phi) is 3.86. The predicted octanol–water partition coefficient (Wildman–Crippen LogP) is 2.33. The normalized spacial score (nSPS) is 20.7. The third-order valence-corrected chi connectivity index (χ3v) is 3.81. The van der Waals surface area contributed by atoms with E-state index in [2.05, 4.69) is 4.98 Å². The number of hydrogen-bond acceptors (Lipinski definition) is 3. The van der Waals surface area contributed by atoms with Gasteiger partial charge in [-0.05, 0) is 33.8 Å². The van der Waals surface area contributed by atoms with Crippen LogP contribution in [0, 0.1) is 5.82 Å². The fourth-order valence-electron chi connectivity index (χ4n) is 1.89. The quantitative estimate of drug-likeness (QED) is 0.800. The van der Waals surface area contributed by atoms with Crippen LogP contribution in [0.1, 0.15) is 33.4 Å². The molecule has 2 rings (SSSR count). The number of alkyl halides is 2. The second-order valence-corrected chi connectivity index (χ2v) is 5.88. The number of nitrogens with zero attached hydrogens (tertiary/aromatic N) is 1. The molecule has 0 aromatic carbocycles. The molecule has 0 bridgehead atoms. The van der Waals surface area contributed by atoms with E-state index in [1.165, 1.54) is 6.20 Å². The van der Waals surface area contributed by atoms with Crippen molar-refractivity contribution < 1.29 is 22.5 Å². The summed E-state index contributed by atoms with van der Waals surface area (Å²) in [6.45, 7) is 7.40. The first-order valence-corrected chi connectivity index (χ1v) is 6.40. The maximum Gasteiger partial charge on any atom is 0.499 e. The van der Waals surface area contributed by atoms with Crippen LogP contribution in [-0.2, 0) is 15.7 Å². The van der Waals surface area contributed by atoms with Crippen LogP contribution in [0.15, 0.2) is 12.3 Å². The van der Waals surface area contributed by atoms with Gasteiger partial charge in [-0.25, -0.2) is 13.2 Å². The lowest BCUT2D eigenvalue weighted by molar-refractivity contribution is 0.00578. The van der Waals surface area contributed by atoms with Crippen molar-refractivity contribution in [1.29, 1.82) is 0 Å². The molecule has 110 valence electrons. The molecule has 0 radical (unpaired) electrons. The Bertz CT molecular complexity index is 492. The monoisotopic (exact) mass is 287 g/mol. The maximum absolute atomic E-state index is 14.0. The molecule has 1 aliphatic heterocycles. The van der Waals surface area contributed by atoms with E-state index >= 15 is 0 Å². The van der Waals surface area contributed by atoms with Crippen molar-refractivity contribution in [2.75, 3.05) is 0 Å². The standard InChI is InChI=1S/C13H17BF3NO2/c1-12(2)13(3,4)20-14(19-12)9-7-18-8(5-10(9)15)6-11(16)17/h5,7,11H,6H2,1-4H3. The Morgan fingerprint density at radius 3 is 2.20 bits per heavy atom. The third kappa shape index (κ3) is 2.83. The van der Waals surface area contributed by atoms with Crippen LogP contribution in [0.25, 0.3) is 0 Å². The summed E-state index contributed by atoms with van der Waals surface area (Å²) < 4.78 is 49.9. The Hall–Kier alpha value is -1.08. The molecule has 3 nitrogen and oxygen atoms in total. The van der Waals surface area contributed by atoms with Crippen molar-refractivity contribution in [3.05, 3.63) is 23.8 Å². The molecule has 2 heterocycles. The Morgan fingerprint density at radius 2 is 1.75 bits per heavy atom. The molecule has 1 saturated heterocycles. The van der Waals surface area contributed by atoms with Gasteiger partial charge < -0.3 is 9.31 Å². The second kappa shape index (κ2) is 5.04. The van der Waals surface area contributed by atoms with E-state index in [0.29, 0.717) is 0 Å². The van der Waals surface area contributed by atoms with E-state index in [0.717, 1.165) is 6.07 Å². The fraction of sp³-hybridized carbons (Fsp3) is 0.615. The van der Waals surface area contributed by atoms with Gasteiger partial charge in [0.1, 0.15) is 5.82 Å². The van der Waals surface area contributed by atoms with Crippen LogP contribution in [0.2, 0.25) is 0 Å². The molecule has 7 heteroatoms. The average Bonchev–Trinajstić information content (AvgIpc) is 2.46. The topological polar surface area (TPSA) is 31.4 Å². The molecule has 0 unspecified atom stereocenters. The van der Waals surface area contributed by atoms with Crippen molar-refractivity contribution in [1.82, 2.24) is 4.98 Å². The first-order chi connectivity index (χ1) is 9.12. The van der Waals surface area contributed by atoms with Gasteiger partial charge in [0.2, 0.25) is 6.43 Å². The summed E-state index contributed by atoms with van der Waals surface area (Å²) in [4.78, 5) is 3.84. The summed E-state index contributed by atoms with van der Waals surface area (Å²) in [6.07, 6.45) is -1.92. The lowest BCUT2D eigenvalue weighted by Crippen LogP contribution is -2.41. The highest BCUT2D eigenvalue weighted by molar-refractivity contribution is 6.62. The molecule has 1 aromatic rings. The van der Waals surface area contributed by atoms with Crippen molar-refractivity contribution in [2.45, 2.75) is 51.7 Å². The molecule has 0 saturated carbocycles. The zero-order chi connectivity index (χ0) is 15.1. The van der Waals surface area contributed by atoms with Crippen molar-refractivity contribution in [3.8, 4) is 0 Å². The SMILES string of the molecule is CC1(C)OB(c2cnc(CC(F)F)cc2F)OC1(C)C. The first kappa shape index (κ1) is 15.3. The van der Waals surface area contributed by atoms with Crippen molar-refractivity contribution >= 4 is 12.6 Å². The van der Waals surface area contributed by atoms with Gasteiger partial charge in [0.15, 0.2) is 0 Å². The first-order valence-electron chi connectivity index (χ1n) is 6.40. The molecular formula is C13H17BF3NO2. The van der Waals surface area contributed by atoms with Crippen LogP contribution in [-0.4, -0.2) is 29.7 Å². The molecule has 0 aliphatic carbocycles. The molecule has 1 aliphatic rings. The van der Waals surface area contributed by atoms with Gasteiger partial charge in [0.25, 0.3) is 0 Å². The van der Waals surface area contributed by atoms with Crippen molar-refractivity contribution in [3.63, 3.8) is 0 Å². The summed E-state index contributed by atoms with van der Waals surface area (Å²) in [5.74, 6) is -0.644. The summed E-state index contributed by atoms with van der Waals surface area (Å²) in [5, 5.41) is 0. The molecule has 0 atom stereocenters. The van der Waals surface area contributed by atoms with Gasteiger partial charge >= 0.3 is 7.12 Å². The molecule has 0 amide bonds. The van der Waals surface area contributed by atoms with E-state index in [9.17, 15) is 13.2 Å². The maximum atomic E-state index is 14.0. The second-order valence-electron chi connectivity index (χ2n) is 5.88. The molecule has 0 spiro atoms. The average molecular weight is 287 g/mol. The van der Waals surface area contributed by atoms with Gasteiger partial charge in [-0.1, -0.05) is 0 Å². The van der Waals surface area contributed by atoms with E-state index in [4.69, 9.17) is 9.31 Å². The zero-order valence-corrected chi connectivity index (χ0v) is 11.9. The molecule has 0 N–H and O–H groups in total. The third-order valence-electron chi connectivity index (χ3n) is 3.81. The van der Waals surface area contributed by atoms with Gasteiger partial charge in [0, 0.05) is 17.4 Å². The van der Waals surface area contributed by atoms with Crippen molar-refractivity contribution in [2.24, 2.45) is 0 Å². The highest BCUT2D eigenvalue weighted by atomic mass is 19.3. The highest BCUT2D eigenvalue weighted by Gasteiger charge is 2.52. The number of halogens is 3. The van der Waals surface area contributed by atoms with Gasteiger partial charge in [-0.2, -0.15) is 0 Å². The van der Waals surface area contributed by atoms with E-state index in [1.54, 1.807) is 0 Å². The zero-order valence-electron chi connectivity index (χ0n) is 11.9. The van der Waals surface area contributed by atoms with E-state index in [1.807, 2.05) is 27.7 Å². The Balaban J connectivity index is 2.23. The summed E-state index contributed by atoms with van der Waals surface area (Å²) >= 11 is 0. The minimum atomic E-state index is -2.55. The lowest BCUT2D eigenvalue weighted by atomic mass is 9.79. The molecule has 1 fully saturated rings. The largest absolute Gasteiger partial charge is 0.499 e. The number of rotatable bonds is 3. The number of pyridine rings is 1. The van der Waals surface area contributed by atoms with Crippen LogP contribution >= 0.6 is 0 Å². The van der Waals surface area contributed by atoms with Crippen LogP contribution in [0.4, 0.5) is 13.2 Å². The summed E-state index contributed by atoms with van der Waals surface area (Å²) in [6, 6.07) is 1.01. The van der Waals surface area contributed by atoms with Gasteiger partial charge in [0.05, 0.1) is 17.6 Å². The van der Waals surface area contributed by atoms with E-state index in [-0.39, 0.29) is 11.2 Å². The lowest BCUT2D eigenvalue weighted by Gasteiger charge is -2.32. The van der Waals surface area contributed by atoms with Gasteiger partial charge in [-0.15, -0.1) is 0 Å². The molecule has 1 aromatic heterocycles. The number of hydrogen-bond donors (Lipinski definition) is 0. The highest BCUT2D eigenvalue weighted by Crippen LogP contribution is 2.36. The van der Waals surface area contributed by atoms with Crippen LogP contribution in [0.5, 0.6) is 0 Å². The smallest absolute Gasteiger partial charge is 0.399 e. The minimum Gasteiger partial charge on any atom is -0.399 e. The summed E-state index contributed by atoms with van der Waals surface area (Å²) in [5.41, 5.74) is -1.04. The fourth-order valence-corrected chi connectivity index (χ4v) is 1.89. The number of aromatic nitrogens is 1. The van der Waals surface area contributed by atoms with E-state index < -0.39 is 37.0 Å². The van der Waals surface area contributed by atoms with Gasteiger partial charge in [-0.3, -0.25) is 4.98 Å². The Morgan fingerprint density at radius 1 is 1.20 bits per heavy atom.